The zero-order valence-corrected chi connectivity index (χ0v) is 14.9. The van der Waals surface area contributed by atoms with E-state index in [-0.39, 0.29) is 0 Å². The molecule has 1 aliphatic rings. The second-order valence-corrected chi connectivity index (χ2v) is 7.58. The van der Waals surface area contributed by atoms with Crippen LogP contribution in [0.15, 0.2) is 34.1 Å². The van der Waals surface area contributed by atoms with Gasteiger partial charge >= 0.3 is 0 Å². The Hall–Kier alpha value is -0.680. The zero-order chi connectivity index (χ0) is 15.0. The first-order valence-corrected chi connectivity index (χ1v) is 9.07. The van der Waals surface area contributed by atoms with Gasteiger partial charge in [-0.3, -0.25) is 4.90 Å². The minimum absolute atomic E-state index is 0.292. The van der Waals surface area contributed by atoms with Crippen LogP contribution < -0.4 is 5.73 Å². The van der Waals surface area contributed by atoms with Gasteiger partial charge in [-0.1, -0.05) is 28.1 Å². The Kier molecular flexibility index (Phi) is 4.50. The second-order valence-electron chi connectivity index (χ2n) is 5.72. The minimum atomic E-state index is 0.292. The highest BCUT2D eigenvalue weighted by molar-refractivity contribution is 9.10. The van der Waals surface area contributed by atoms with Crippen LogP contribution in [0, 0.1) is 6.92 Å². The normalized spacial score (nSPS) is 20.3. The van der Waals surface area contributed by atoms with Crippen LogP contribution in [0.4, 0.5) is 0 Å². The molecule has 4 heteroatoms. The summed E-state index contributed by atoms with van der Waals surface area (Å²) in [5.41, 5.74) is 10.2. The molecular weight excluding hydrogens is 344 g/mol. The van der Waals surface area contributed by atoms with Crippen LogP contribution >= 0.6 is 27.3 Å². The van der Waals surface area contributed by atoms with Crippen LogP contribution in [0.1, 0.15) is 40.6 Å². The molecule has 2 unspecified atom stereocenters. The summed E-state index contributed by atoms with van der Waals surface area (Å²) in [7, 11) is 0. The molecule has 2 heterocycles. The predicted molar refractivity (Wildman–Crippen MR) is 93.8 cm³/mol. The fourth-order valence-electron chi connectivity index (χ4n) is 3.29. The molecule has 0 aliphatic carbocycles. The van der Waals surface area contributed by atoms with E-state index in [1.54, 1.807) is 4.88 Å². The molecular formula is C17H21BrN2S. The summed E-state index contributed by atoms with van der Waals surface area (Å²) in [5, 5.41) is 2.21. The first-order valence-electron chi connectivity index (χ1n) is 7.40. The summed E-state index contributed by atoms with van der Waals surface area (Å²) in [5.74, 6) is 0. The van der Waals surface area contributed by atoms with Crippen molar-refractivity contribution in [3.05, 3.63) is 55.7 Å². The number of hydrogen-bond acceptors (Lipinski definition) is 3. The van der Waals surface area contributed by atoms with Crippen molar-refractivity contribution in [3.63, 3.8) is 0 Å². The van der Waals surface area contributed by atoms with Gasteiger partial charge in [0.25, 0.3) is 0 Å². The largest absolute Gasteiger partial charge is 0.329 e. The molecule has 0 saturated carbocycles. The maximum absolute atomic E-state index is 6.13. The van der Waals surface area contributed by atoms with E-state index in [4.69, 9.17) is 5.73 Å². The monoisotopic (exact) mass is 364 g/mol. The molecule has 2 N–H and O–H groups in total. The van der Waals surface area contributed by atoms with Crippen molar-refractivity contribution >= 4 is 27.3 Å². The molecule has 2 atom stereocenters. The maximum atomic E-state index is 6.13. The van der Waals surface area contributed by atoms with Gasteiger partial charge in [-0.2, -0.15) is 0 Å². The van der Waals surface area contributed by atoms with E-state index in [2.05, 4.69) is 64.3 Å². The van der Waals surface area contributed by atoms with Crippen LogP contribution in [0.3, 0.4) is 0 Å². The number of nitrogens with two attached hydrogens (primary N) is 1. The van der Waals surface area contributed by atoms with Gasteiger partial charge in [-0.15, -0.1) is 11.3 Å². The predicted octanol–water partition coefficient (Wildman–Crippen LogP) is 4.44. The molecule has 2 aromatic rings. The smallest absolute Gasteiger partial charge is 0.0476 e. The van der Waals surface area contributed by atoms with Crippen molar-refractivity contribution in [3.8, 4) is 0 Å². The molecule has 1 aromatic carbocycles. The summed E-state index contributed by atoms with van der Waals surface area (Å²) < 4.78 is 1.16. The Morgan fingerprint density at radius 2 is 2.24 bits per heavy atom. The summed E-state index contributed by atoms with van der Waals surface area (Å²) in [6.07, 6.45) is 1.14. The van der Waals surface area contributed by atoms with Crippen molar-refractivity contribution in [2.24, 2.45) is 5.73 Å². The van der Waals surface area contributed by atoms with Gasteiger partial charge in [-0.25, -0.2) is 0 Å². The quantitative estimate of drug-likeness (QED) is 0.872. The number of nitrogens with zero attached hydrogens (tertiary/aromatic N) is 1. The maximum Gasteiger partial charge on any atom is 0.0476 e. The molecule has 1 aromatic heterocycles. The van der Waals surface area contributed by atoms with Gasteiger partial charge in [0.15, 0.2) is 0 Å². The molecule has 0 bridgehead atoms. The minimum Gasteiger partial charge on any atom is -0.329 e. The number of thiophene rings is 1. The Labute approximate surface area is 139 Å². The molecule has 0 saturated heterocycles. The molecule has 0 spiro atoms. The molecule has 1 aliphatic heterocycles. The van der Waals surface area contributed by atoms with Gasteiger partial charge in [0.1, 0.15) is 0 Å². The van der Waals surface area contributed by atoms with E-state index in [9.17, 15) is 0 Å². The van der Waals surface area contributed by atoms with Gasteiger partial charge in [0, 0.05) is 34.5 Å². The van der Waals surface area contributed by atoms with Gasteiger partial charge in [0.05, 0.1) is 0 Å². The van der Waals surface area contributed by atoms with Crippen LogP contribution in [0.25, 0.3) is 0 Å². The zero-order valence-electron chi connectivity index (χ0n) is 12.5. The summed E-state index contributed by atoms with van der Waals surface area (Å²) in [6, 6.07) is 9.61. The second kappa shape index (κ2) is 6.21. The molecule has 112 valence electrons. The molecule has 0 fully saturated rings. The number of hydrogen-bond donors (Lipinski definition) is 1. The Balaban J connectivity index is 1.92. The number of rotatable bonds is 3. The topological polar surface area (TPSA) is 29.3 Å². The molecule has 21 heavy (non-hydrogen) atoms. The first kappa shape index (κ1) is 15.2. The standard InChI is InChI=1S/C17H21BrN2S/c1-11-9-13(3-4-15(11)18)16(10-19)20-7-5-17-14(12(20)2)6-8-21-17/h3-4,6,8-9,12,16H,5,7,10,19H2,1-2H3. The van der Waals surface area contributed by atoms with E-state index in [1.807, 2.05) is 11.3 Å². The summed E-state index contributed by atoms with van der Waals surface area (Å²) in [6.45, 7) is 6.19. The number of halogens is 1. The lowest BCUT2D eigenvalue weighted by atomic mass is 9.95. The van der Waals surface area contributed by atoms with E-state index < -0.39 is 0 Å². The van der Waals surface area contributed by atoms with Crippen LogP contribution in [-0.2, 0) is 6.42 Å². The lowest BCUT2D eigenvalue weighted by molar-refractivity contribution is 0.138. The third-order valence-corrected chi connectivity index (χ3v) is 6.40. The molecule has 2 nitrogen and oxygen atoms in total. The van der Waals surface area contributed by atoms with Crippen LogP contribution in [-0.4, -0.2) is 18.0 Å². The fourth-order valence-corrected chi connectivity index (χ4v) is 4.50. The van der Waals surface area contributed by atoms with Crippen molar-refractivity contribution in [2.45, 2.75) is 32.4 Å². The van der Waals surface area contributed by atoms with E-state index in [1.165, 1.54) is 16.7 Å². The van der Waals surface area contributed by atoms with E-state index in [0.29, 0.717) is 18.6 Å². The van der Waals surface area contributed by atoms with E-state index >= 15 is 0 Å². The summed E-state index contributed by atoms with van der Waals surface area (Å²) >= 11 is 5.47. The van der Waals surface area contributed by atoms with Crippen molar-refractivity contribution in [1.29, 1.82) is 0 Å². The molecule has 0 amide bonds. The average Bonchev–Trinajstić information content (AvgIpc) is 2.95. The van der Waals surface area contributed by atoms with Crippen LogP contribution in [0.5, 0.6) is 0 Å². The van der Waals surface area contributed by atoms with Crippen molar-refractivity contribution in [1.82, 2.24) is 4.90 Å². The number of fused-ring (bicyclic) bond motifs is 1. The fraction of sp³-hybridized carbons (Fsp3) is 0.412. The Morgan fingerprint density at radius 3 is 2.95 bits per heavy atom. The lowest BCUT2D eigenvalue weighted by Crippen LogP contribution is -2.39. The average molecular weight is 365 g/mol. The highest BCUT2D eigenvalue weighted by Crippen LogP contribution is 2.38. The van der Waals surface area contributed by atoms with E-state index in [0.717, 1.165) is 17.4 Å². The Bertz CT molecular complexity index is 637. The Morgan fingerprint density at radius 1 is 1.43 bits per heavy atom. The van der Waals surface area contributed by atoms with Crippen molar-refractivity contribution < 1.29 is 0 Å². The SMILES string of the molecule is Cc1cc(C(CN)N2CCc3sccc3C2C)ccc1Br. The highest BCUT2D eigenvalue weighted by atomic mass is 79.9. The summed E-state index contributed by atoms with van der Waals surface area (Å²) in [4.78, 5) is 4.10. The number of aryl methyl sites for hydroxylation is 1. The highest BCUT2D eigenvalue weighted by Gasteiger charge is 2.30. The van der Waals surface area contributed by atoms with Gasteiger partial charge in [-0.05, 0) is 54.5 Å². The third kappa shape index (κ3) is 2.82. The molecule has 3 rings (SSSR count). The third-order valence-electron chi connectivity index (χ3n) is 4.51. The molecule has 0 radical (unpaired) electrons. The van der Waals surface area contributed by atoms with Gasteiger partial charge in [0.2, 0.25) is 0 Å². The lowest BCUT2D eigenvalue weighted by Gasteiger charge is -2.39. The number of benzene rings is 1. The van der Waals surface area contributed by atoms with Crippen molar-refractivity contribution in [2.75, 3.05) is 13.1 Å². The first-order chi connectivity index (χ1) is 10.1. The van der Waals surface area contributed by atoms with Gasteiger partial charge < -0.3 is 5.73 Å². The van der Waals surface area contributed by atoms with Crippen LogP contribution in [0.2, 0.25) is 0 Å².